The summed E-state index contributed by atoms with van der Waals surface area (Å²) in [6.45, 7) is 9.83. The standard InChI is InChI=1S/C26H39NO11/c1-16(2)9-11-34-25(31)37-21-8-7-19(14-22(21)38-26(32)35-12-10-17(3)4)13-20(23(28)29)27-15-18(5)36-24(30)33-6/h7-8,14,16-18,20,27H,9-13,15H2,1-6H3,(H,28,29)/t18?,20-/m0/s1. The molecule has 1 aromatic rings. The summed E-state index contributed by atoms with van der Waals surface area (Å²) < 4.78 is 30.0. The van der Waals surface area contributed by atoms with Crippen LogP contribution in [0.15, 0.2) is 18.2 Å². The van der Waals surface area contributed by atoms with E-state index in [0.29, 0.717) is 30.2 Å². The van der Waals surface area contributed by atoms with E-state index in [0.717, 1.165) is 0 Å². The van der Waals surface area contributed by atoms with Crippen LogP contribution in [0, 0.1) is 11.8 Å². The van der Waals surface area contributed by atoms with Crippen molar-refractivity contribution in [1.29, 1.82) is 0 Å². The van der Waals surface area contributed by atoms with Gasteiger partial charge >= 0.3 is 24.4 Å². The Hall–Kier alpha value is -3.54. The Labute approximate surface area is 222 Å². The summed E-state index contributed by atoms with van der Waals surface area (Å²) >= 11 is 0. The molecule has 12 nitrogen and oxygen atoms in total. The number of methoxy groups -OCH3 is 1. The molecular weight excluding hydrogens is 502 g/mol. The molecule has 0 aliphatic rings. The molecule has 0 saturated carbocycles. The van der Waals surface area contributed by atoms with Crippen molar-refractivity contribution >= 4 is 24.4 Å². The van der Waals surface area contributed by atoms with E-state index >= 15 is 0 Å². The number of rotatable bonds is 15. The average molecular weight is 542 g/mol. The SMILES string of the molecule is COC(=O)OC(C)CN[C@@H](Cc1ccc(OC(=O)OCCC(C)C)c(OC(=O)OCCC(C)C)c1)C(=O)O. The normalized spacial score (nSPS) is 12.4. The largest absolute Gasteiger partial charge is 0.513 e. The van der Waals surface area contributed by atoms with Gasteiger partial charge in [-0.3, -0.25) is 4.79 Å². The molecule has 0 bridgehead atoms. The predicted octanol–water partition coefficient (Wildman–Crippen LogP) is 4.57. The lowest BCUT2D eigenvalue weighted by Crippen LogP contribution is -2.42. The van der Waals surface area contributed by atoms with Crippen molar-refractivity contribution in [1.82, 2.24) is 5.32 Å². The second-order valence-corrected chi connectivity index (χ2v) is 9.43. The van der Waals surface area contributed by atoms with E-state index < -0.39 is 36.6 Å². The van der Waals surface area contributed by atoms with Crippen LogP contribution >= 0.6 is 0 Å². The van der Waals surface area contributed by atoms with Crippen molar-refractivity contribution in [2.45, 2.75) is 66.0 Å². The van der Waals surface area contributed by atoms with Crippen LogP contribution in [-0.2, 0) is 30.2 Å². The minimum absolute atomic E-state index is 0.0296. The molecule has 0 radical (unpaired) electrons. The van der Waals surface area contributed by atoms with Gasteiger partial charge < -0.3 is 38.8 Å². The molecule has 0 aliphatic carbocycles. The summed E-state index contributed by atoms with van der Waals surface area (Å²) in [5, 5.41) is 12.4. The predicted molar refractivity (Wildman–Crippen MR) is 135 cm³/mol. The van der Waals surface area contributed by atoms with Crippen LogP contribution in [0.3, 0.4) is 0 Å². The van der Waals surface area contributed by atoms with Crippen molar-refractivity contribution < 1.29 is 52.7 Å². The number of hydrogen-bond donors (Lipinski definition) is 2. The van der Waals surface area contributed by atoms with Gasteiger partial charge in [0.1, 0.15) is 12.1 Å². The quantitative estimate of drug-likeness (QED) is 0.181. The van der Waals surface area contributed by atoms with E-state index in [2.05, 4.69) is 10.1 Å². The van der Waals surface area contributed by atoms with Crippen LogP contribution in [0.1, 0.15) is 53.0 Å². The molecule has 2 N–H and O–H groups in total. The Morgan fingerprint density at radius 3 is 1.89 bits per heavy atom. The number of benzene rings is 1. The molecular formula is C26H39NO11. The van der Waals surface area contributed by atoms with E-state index in [1.54, 1.807) is 6.92 Å². The van der Waals surface area contributed by atoms with Crippen molar-refractivity contribution in [2.75, 3.05) is 26.9 Å². The zero-order valence-electron chi connectivity index (χ0n) is 22.8. The highest BCUT2D eigenvalue weighted by molar-refractivity contribution is 5.74. The first-order chi connectivity index (χ1) is 17.9. The third kappa shape index (κ3) is 13.7. The van der Waals surface area contributed by atoms with Crippen LogP contribution in [0.25, 0.3) is 0 Å². The molecule has 0 saturated heterocycles. The highest BCUT2D eigenvalue weighted by Gasteiger charge is 2.22. The summed E-state index contributed by atoms with van der Waals surface area (Å²) in [4.78, 5) is 47.4. The number of carbonyl (C=O) groups excluding carboxylic acids is 3. The van der Waals surface area contributed by atoms with Crippen LogP contribution in [0.2, 0.25) is 0 Å². The number of nitrogens with one attached hydrogen (secondary N) is 1. The van der Waals surface area contributed by atoms with Gasteiger partial charge in [-0.1, -0.05) is 33.8 Å². The number of hydrogen-bond acceptors (Lipinski definition) is 11. The number of aliphatic carboxylic acids is 1. The molecule has 0 fully saturated rings. The second-order valence-electron chi connectivity index (χ2n) is 9.43. The fourth-order valence-corrected chi connectivity index (χ4v) is 2.88. The van der Waals surface area contributed by atoms with E-state index in [1.165, 1.54) is 25.3 Å². The maximum absolute atomic E-state index is 12.2. The zero-order chi connectivity index (χ0) is 28.7. The van der Waals surface area contributed by atoms with Crippen LogP contribution in [0.5, 0.6) is 11.5 Å². The number of ether oxygens (including phenoxy) is 6. The minimum atomic E-state index is -1.15. The van der Waals surface area contributed by atoms with Crippen molar-refractivity contribution in [3.8, 4) is 11.5 Å². The third-order valence-corrected chi connectivity index (χ3v) is 5.08. The first-order valence-corrected chi connectivity index (χ1v) is 12.4. The fourth-order valence-electron chi connectivity index (χ4n) is 2.88. The smallest absolute Gasteiger partial charge is 0.480 e. The maximum Gasteiger partial charge on any atom is 0.513 e. The van der Waals surface area contributed by atoms with Crippen LogP contribution < -0.4 is 14.8 Å². The van der Waals surface area contributed by atoms with E-state index in [1.807, 2.05) is 27.7 Å². The topological polar surface area (TPSA) is 156 Å². The summed E-state index contributed by atoms with van der Waals surface area (Å²) in [6, 6.07) is 3.21. The van der Waals surface area contributed by atoms with E-state index in [9.17, 15) is 24.3 Å². The fraction of sp³-hybridized carbons (Fsp3) is 0.615. The summed E-state index contributed by atoms with van der Waals surface area (Å²) in [7, 11) is 1.17. The van der Waals surface area contributed by atoms with Gasteiger partial charge in [0.15, 0.2) is 11.5 Å². The molecule has 0 heterocycles. The Morgan fingerprint density at radius 1 is 0.842 bits per heavy atom. The Balaban J connectivity index is 2.99. The molecule has 2 atom stereocenters. The molecule has 1 unspecified atom stereocenters. The van der Waals surface area contributed by atoms with Gasteiger partial charge in [-0.25, -0.2) is 14.4 Å². The van der Waals surface area contributed by atoms with E-state index in [4.69, 9.17) is 23.7 Å². The van der Waals surface area contributed by atoms with Gasteiger partial charge in [0.25, 0.3) is 0 Å². The van der Waals surface area contributed by atoms with Crippen molar-refractivity contribution in [2.24, 2.45) is 11.8 Å². The van der Waals surface area contributed by atoms with Crippen LogP contribution in [-0.4, -0.2) is 68.6 Å². The maximum atomic E-state index is 12.2. The third-order valence-electron chi connectivity index (χ3n) is 5.08. The van der Waals surface area contributed by atoms with E-state index in [-0.39, 0.29) is 37.7 Å². The molecule has 1 rings (SSSR count). The lowest BCUT2D eigenvalue weighted by atomic mass is 10.0. The highest BCUT2D eigenvalue weighted by Crippen LogP contribution is 2.30. The number of carbonyl (C=O) groups is 4. The lowest BCUT2D eigenvalue weighted by Gasteiger charge is -2.19. The molecule has 214 valence electrons. The summed E-state index contributed by atoms with van der Waals surface area (Å²) in [5.74, 6) is -0.743. The average Bonchev–Trinajstić information content (AvgIpc) is 2.82. The van der Waals surface area contributed by atoms with Gasteiger partial charge in [0.2, 0.25) is 0 Å². The first-order valence-electron chi connectivity index (χ1n) is 12.4. The molecule has 1 aromatic carbocycles. The molecule has 0 aliphatic heterocycles. The summed E-state index contributed by atoms with van der Waals surface area (Å²) in [5.41, 5.74) is 0.456. The Kier molecular flexibility index (Phi) is 14.6. The number of carboxylic acids is 1. The Morgan fingerprint density at radius 2 is 1.39 bits per heavy atom. The minimum Gasteiger partial charge on any atom is -0.480 e. The molecule has 38 heavy (non-hydrogen) atoms. The monoisotopic (exact) mass is 541 g/mol. The second kappa shape index (κ2) is 17.1. The molecule has 12 heteroatoms. The van der Waals surface area contributed by atoms with Gasteiger partial charge in [-0.2, -0.15) is 0 Å². The van der Waals surface area contributed by atoms with Gasteiger partial charge in [0, 0.05) is 6.54 Å². The summed E-state index contributed by atoms with van der Waals surface area (Å²) in [6.07, 6.45) is -2.26. The van der Waals surface area contributed by atoms with Gasteiger partial charge in [-0.15, -0.1) is 0 Å². The molecule has 0 amide bonds. The van der Waals surface area contributed by atoms with Gasteiger partial charge in [-0.05, 0) is 55.7 Å². The van der Waals surface area contributed by atoms with Crippen molar-refractivity contribution in [3.05, 3.63) is 23.8 Å². The lowest BCUT2D eigenvalue weighted by molar-refractivity contribution is -0.139. The first kappa shape index (κ1) is 32.5. The number of carboxylic acid groups (broad SMARTS) is 1. The highest BCUT2D eigenvalue weighted by atomic mass is 16.7. The van der Waals surface area contributed by atoms with Crippen molar-refractivity contribution in [3.63, 3.8) is 0 Å². The van der Waals surface area contributed by atoms with Gasteiger partial charge in [0.05, 0.1) is 20.3 Å². The zero-order valence-corrected chi connectivity index (χ0v) is 22.8. The molecule has 0 spiro atoms. The van der Waals surface area contributed by atoms with Crippen LogP contribution in [0.4, 0.5) is 14.4 Å². The molecule has 0 aromatic heterocycles. The Bertz CT molecular complexity index is 916.